The maximum atomic E-state index is 11.6. The monoisotopic (exact) mass is 279 g/mol. The molecule has 1 N–H and O–H groups in total. The van der Waals surface area contributed by atoms with Crippen LogP contribution in [0.2, 0.25) is 0 Å². The topological polar surface area (TPSA) is 42.2 Å². The number of alkyl halides is 1. The van der Waals surface area contributed by atoms with Gasteiger partial charge in [0.1, 0.15) is 0 Å². The van der Waals surface area contributed by atoms with Crippen LogP contribution in [0.25, 0.3) is 0 Å². The zero-order valence-corrected chi connectivity index (χ0v) is 10.0. The molecule has 2 rings (SSSR count). The van der Waals surface area contributed by atoms with Crippen molar-refractivity contribution < 1.29 is 9.21 Å². The summed E-state index contributed by atoms with van der Waals surface area (Å²) in [6, 6.07) is 10.9. The average molecular weight is 280 g/mol. The second-order valence-corrected chi connectivity index (χ2v) is 3.82. The summed E-state index contributed by atoms with van der Waals surface area (Å²) in [5, 5.41) is 3.55. The third-order valence-electron chi connectivity index (χ3n) is 2.11. The molecule has 2 aromatic rings. The third-order valence-corrected chi connectivity index (χ3v) is 2.76. The number of hydrogen-bond acceptors (Lipinski definition) is 2. The van der Waals surface area contributed by atoms with E-state index >= 15 is 0 Å². The molecule has 0 bridgehead atoms. The number of hydrogen-bond donors (Lipinski definition) is 1. The molecular weight excluding hydrogens is 270 g/mol. The molecule has 0 aliphatic rings. The summed E-state index contributed by atoms with van der Waals surface area (Å²) in [7, 11) is 0. The summed E-state index contributed by atoms with van der Waals surface area (Å²) in [5.74, 6) is 0.0705. The Balaban J connectivity index is 2.06. The highest BCUT2D eigenvalue weighted by molar-refractivity contribution is 9.08. The summed E-state index contributed by atoms with van der Waals surface area (Å²) < 4.78 is 4.99. The second-order valence-electron chi connectivity index (χ2n) is 3.26. The molecule has 1 aromatic carbocycles. The van der Waals surface area contributed by atoms with Gasteiger partial charge in [0, 0.05) is 11.0 Å². The second kappa shape index (κ2) is 4.99. The van der Waals surface area contributed by atoms with Crippen molar-refractivity contribution in [3.05, 3.63) is 54.0 Å². The summed E-state index contributed by atoms with van der Waals surface area (Å²) in [6.07, 6.45) is 1.48. The summed E-state index contributed by atoms with van der Waals surface area (Å²) >= 11 is 3.36. The standard InChI is InChI=1S/C12H10BrNO2/c13-8-9-3-5-10(6-4-9)14-12(15)11-2-1-7-16-11/h1-7H,8H2,(H,14,15). The third kappa shape index (κ3) is 2.52. The van der Waals surface area contributed by atoms with Gasteiger partial charge in [0.25, 0.3) is 5.91 Å². The van der Waals surface area contributed by atoms with E-state index in [0.29, 0.717) is 5.76 Å². The Morgan fingerprint density at radius 3 is 2.56 bits per heavy atom. The fourth-order valence-electron chi connectivity index (χ4n) is 1.28. The Labute approximate surface area is 102 Å². The molecule has 16 heavy (non-hydrogen) atoms. The lowest BCUT2D eigenvalue weighted by molar-refractivity contribution is 0.0996. The zero-order valence-electron chi connectivity index (χ0n) is 8.44. The molecule has 1 heterocycles. The molecule has 0 spiro atoms. The van der Waals surface area contributed by atoms with Crippen LogP contribution in [0.15, 0.2) is 47.1 Å². The maximum Gasteiger partial charge on any atom is 0.291 e. The Bertz CT molecular complexity index is 462. The van der Waals surface area contributed by atoms with Crippen molar-refractivity contribution in [1.82, 2.24) is 0 Å². The molecule has 82 valence electrons. The van der Waals surface area contributed by atoms with E-state index in [1.54, 1.807) is 12.1 Å². The fourth-order valence-corrected chi connectivity index (χ4v) is 1.65. The van der Waals surface area contributed by atoms with Gasteiger partial charge in [0.2, 0.25) is 0 Å². The van der Waals surface area contributed by atoms with Gasteiger partial charge in [0.15, 0.2) is 5.76 Å². The van der Waals surface area contributed by atoms with Crippen molar-refractivity contribution in [2.75, 3.05) is 5.32 Å². The van der Waals surface area contributed by atoms with Gasteiger partial charge < -0.3 is 9.73 Å². The number of furan rings is 1. The first kappa shape index (κ1) is 11.0. The molecule has 0 aliphatic heterocycles. The first-order valence-electron chi connectivity index (χ1n) is 4.79. The molecule has 0 aliphatic carbocycles. The molecule has 0 radical (unpaired) electrons. The number of benzene rings is 1. The van der Waals surface area contributed by atoms with Crippen LogP contribution >= 0.6 is 15.9 Å². The van der Waals surface area contributed by atoms with E-state index in [1.165, 1.54) is 6.26 Å². The zero-order chi connectivity index (χ0) is 11.4. The molecule has 0 saturated carbocycles. The van der Waals surface area contributed by atoms with Gasteiger partial charge in [-0.1, -0.05) is 28.1 Å². The quantitative estimate of drug-likeness (QED) is 0.875. The van der Waals surface area contributed by atoms with Crippen molar-refractivity contribution >= 4 is 27.5 Å². The van der Waals surface area contributed by atoms with Gasteiger partial charge in [-0.25, -0.2) is 0 Å². The van der Waals surface area contributed by atoms with Crippen molar-refractivity contribution in [1.29, 1.82) is 0 Å². The van der Waals surface area contributed by atoms with Gasteiger partial charge in [-0.3, -0.25) is 4.79 Å². The van der Waals surface area contributed by atoms with Crippen LogP contribution in [-0.2, 0) is 5.33 Å². The minimum Gasteiger partial charge on any atom is -0.459 e. The lowest BCUT2D eigenvalue weighted by Crippen LogP contribution is -2.10. The van der Waals surface area contributed by atoms with Crippen molar-refractivity contribution in [3.63, 3.8) is 0 Å². The predicted molar refractivity (Wildman–Crippen MR) is 65.7 cm³/mol. The molecule has 0 saturated heterocycles. The van der Waals surface area contributed by atoms with Crippen LogP contribution in [0, 0.1) is 0 Å². The van der Waals surface area contributed by atoms with Crippen LogP contribution in [0.4, 0.5) is 5.69 Å². The SMILES string of the molecule is O=C(Nc1ccc(CBr)cc1)c1ccco1. The van der Waals surface area contributed by atoms with Crippen LogP contribution in [0.1, 0.15) is 16.1 Å². The van der Waals surface area contributed by atoms with Crippen LogP contribution < -0.4 is 5.32 Å². The molecule has 0 fully saturated rings. The van der Waals surface area contributed by atoms with Crippen LogP contribution in [0.5, 0.6) is 0 Å². The van der Waals surface area contributed by atoms with Gasteiger partial charge in [0.05, 0.1) is 6.26 Å². The van der Waals surface area contributed by atoms with Gasteiger partial charge >= 0.3 is 0 Å². The summed E-state index contributed by atoms with van der Waals surface area (Å²) in [5.41, 5.74) is 1.92. The summed E-state index contributed by atoms with van der Waals surface area (Å²) in [6.45, 7) is 0. The average Bonchev–Trinajstić information content (AvgIpc) is 2.83. The molecule has 1 amide bonds. The smallest absolute Gasteiger partial charge is 0.291 e. The van der Waals surface area contributed by atoms with Gasteiger partial charge in [-0.15, -0.1) is 0 Å². The normalized spacial score (nSPS) is 10.1. The minimum absolute atomic E-state index is 0.239. The highest BCUT2D eigenvalue weighted by atomic mass is 79.9. The van der Waals surface area contributed by atoms with E-state index in [2.05, 4.69) is 21.2 Å². The Hall–Kier alpha value is -1.55. The van der Waals surface area contributed by atoms with Crippen molar-refractivity contribution in [3.8, 4) is 0 Å². The Morgan fingerprint density at radius 1 is 1.25 bits per heavy atom. The molecule has 0 atom stereocenters. The Morgan fingerprint density at radius 2 is 2.00 bits per heavy atom. The van der Waals surface area contributed by atoms with E-state index in [4.69, 9.17) is 4.42 Å². The minimum atomic E-state index is -0.239. The van der Waals surface area contributed by atoms with Gasteiger partial charge in [-0.05, 0) is 29.8 Å². The van der Waals surface area contributed by atoms with Gasteiger partial charge in [-0.2, -0.15) is 0 Å². The largest absolute Gasteiger partial charge is 0.459 e. The first-order chi connectivity index (χ1) is 7.79. The highest BCUT2D eigenvalue weighted by Gasteiger charge is 2.07. The van der Waals surface area contributed by atoms with Crippen LogP contribution in [-0.4, -0.2) is 5.91 Å². The van der Waals surface area contributed by atoms with E-state index < -0.39 is 0 Å². The number of rotatable bonds is 3. The lowest BCUT2D eigenvalue weighted by Gasteiger charge is -2.03. The molecular formula is C12H10BrNO2. The maximum absolute atomic E-state index is 11.6. The number of carbonyl (C=O) groups excluding carboxylic acids is 1. The predicted octanol–water partition coefficient (Wildman–Crippen LogP) is 3.43. The number of carbonyl (C=O) groups is 1. The van der Waals surface area contributed by atoms with Crippen LogP contribution in [0.3, 0.4) is 0 Å². The fraction of sp³-hybridized carbons (Fsp3) is 0.0833. The highest BCUT2D eigenvalue weighted by Crippen LogP contribution is 2.13. The lowest BCUT2D eigenvalue weighted by atomic mass is 10.2. The van der Waals surface area contributed by atoms with E-state index in [1.807, 2.05) is 24.3 Å². The number of amides is 1. The molecule has 4 heteroatoms. The molecule has 3 nitrogen and oxygen atoms in total. The summed E-state index contributed by atoms with van der Waals surface area (Å²) in [4.78, 5) is 11.6. The Kier molecular flexibility index (Phi) is 3.41. The number of nitrogens with one attached hydrogen (secondary N) is 1. The molecule has 1 aromatic heterocycles. The molecule has 0 unspecified atom stereocenters. The first-order valence-corrected chi connectivity index (χ1v) is 5.91. The van der Waals surface area contributed by atoms with Crippen molar-refractivity contribution in [2.45, 2.75) is 5.33 Å². The van der Waals surface area contributed by atoms with E-state index in [-0.39, 0.29) is 5.91 Å². The van der Waals surface area contributed by atoms with E-state index in [9.17, 15) is 4.79 Å². The number of anilines is 1. The van der Waals surface area contributed by atoms with E-state index in [0.717, 1.165) is 16.6 Å². The van der Waals surface area contributed by atoms with Crippen molar-refractivity contribution in [2.24, 2.45) is 0 Å². The number of halogens is 1.